The van der Waals surface area contributed by atoms with E-state index < -0.39 is 18.5 Å². The molecule has 72 valence electrons. The number of ether oxygens (including phenoxy) is 1. The van der Waals surface area contributed by atoms with Crippen LogP contribution in [0.4, 0.5) is 0 Å². The van der Waals surface area contributed by atoms with Crippen molar-refractivity contribution in [3.63, 3.8) is 0 Å². The van der Waals surface area contributed by atoms with Gasteiger partial charge < -0.3 is 19.5 Å². The van der Waals surface area contributed by atoms with Gasteiger partial charge in [-0.25, -0.2) is 0 Å². The molecule has 1 fully saturated rings. The predicted molar refractivity (Wildman–Crippen MR) is 42.3 cm³/mol. The average molecular weight is 196 g/mol. The zero-order chi connectivity index (χ0) is 9.14. The highest BCUT2D eigenvalue weighted by Gasteiger charge is 2.35. The summed E-state index contributed by atoms with van der Waals surface area (Å²) >= 11 is 0.189. The van der Waals surface area contributed by atoms with Gasteiger partial charge in [0.15, 0.2) is 18.6 Å². The maximum Gasteiger partial charge on any atom is 0.183 e. The number of aliphatic hydroxyl groups is 2. The number of rotatable bonds is 2. The van der Waals surface area contributed by atoms with Gasteiger partial charge in [-0.3, -0.25) is 4.18 Å². The lowest BCUT2D eigenvalue weighted by molar-refractivity contribution is -0.237. The van der Waals surface area contributed by atoms with E-state index in [0.717, 1.165) is 0 Å². The molecule has 0 aliphatic carbocycles. The standard InChI is InChI=1S/C6H12O5S/c1-3-2-4(11-12-9)5(7)6(8)10-3/h3-9H,2H2,1H3. The van der Waals surface area contributed by atoms with Crippen LogP contribution in [0.25, 0.3) is 0 Å². The Morgan fingerprint density at radius 1 is 1.50 bits per heavy atom. The molecule has 1 heterocycles. The van der Waals surface area contributed by atoms with Gasteiger partial charge in [-0.1, -0.05) is 0 Å². The smallest absolute Gasteiger partial charge is 0.183 e. The summed E-state index contributed by atoms with van der Waals surface area (Å²) in [6.45, 7) is 1.76. The molecule has 0 aromatic rings. The van der Waals surface area contributed by atoms with Crippen molar-refractivity contribution in [2.24, 2.45) is 0 Å². The number of hydrogen-bond donors (Lipinski definition) is 3. The summed E-state index contributed by atoms with van der Waals surface area (Å²) in [5, 5.41) is 18.4. The van der Waals surface area contributed by atoms with E-state index in [-0.39, 0.29) is 18.4 Å². The zero-order valence-corrected chi connectivity index (χ0v) is 7.40. The van der Waals surface area contributed by atoms with Gasteiger partial charge in [0, 0.05) is 6.42 Å². The second-order valence-corrected chi connectivity index (χ2v) is 3.11. The summed E-state index contributed by atoms with van der Waals surface area (Å²) in [5.74, 6) is 0. The molecule has 3 N–H and O–H groups in total. The van der Waals surface area contributed by atoms with Crippen LogP contribution in [-0.4, -0.2) is 39.4 Å². The largest absolute Gasteiger partial charge is 0.385 e. The molecule has 0 aromatic carbocycles. The third kappa shape index (κ3) is 2.32. The minimum atomic E-state index is -1.23. The van der Waals surface area contributed by atoms with Crippen molar-refractivity contribution >= 4 is 12.3 Å². The van der Waals surface area contributed by atoms with Gasteiger partial charge in [0.05, 0.1) is 6.10 Å². The van der Waals surface area contributed by atoms with Crippen molar-refractivity contribution in [1.82, 2.24) is 0 Å². The first-order valence-corrected chi connectivity index (χ1v) is 4.33. The van der Waals surface area contributed by atoms with Gasteiger partial charge in [0.25, 0.3) is 0 Å². The van der Waals surface area contributed by atoms with E-state index in [0.29, 0.717) is 6.42 Å². The van der Waals surface area contributed by atoms with E-state index in [9.17, 15) is 5.11 Å². The molecule has 0 radical (unpaired) electrons. The molecule has 0 amide bonds. The molecular weight excluding hydrogens is 184 g/mol. The molecule has 12 heavy (non-hydrogen) atoms. The van der Waals surface area contributed by atoms with Gasteiger partial charge in [-0.05, 0) is 6.92 Å². The Hall–Kier alpha value is 0.150. The Balaban J connectivity index is 2.47. The van der Waals surface area contributed by atoms with Crippen molar-refractivity contribution in [1.29, 1.82) is 0 Å². The van der Waals surface area contributed by atoms with E-state index in [1.165, 1.54) is 0 Å². The molecule has 4 atom stereocenters. The van der Waals surface area contributed by atoms with Crippen LogP contribution in [0.2, 0.25) is 0 Å². The highest BCUT2D eigenvalue weighted by atomic mass is 32.2. The lowest BCUT2D eigenvalue weighted by atomic mass is 10.0. The van der Waals surface area contributed by atoms with E-state index in [1.807, 2.05) is 0 Å². The first kappa shape index (κ1) is 10.2. The minimum Gasteiger partial charge on any atom is -0.385 e. The molecule has 1 rings (SSSR count). The molecule has 0 aromatic heterocycles. The van der Waals surface area contributed by atoms with Crippen molar-refractivity contribution in [3.05, 3.63) is 0 Å². The Labute approximate surface area is 74.7 Å². The molecule has 1 saturated heterocycles. The fraction of sp³-hybridized carbons (Fsp3) is 1.00. The first-order chi connectivity index (χ1) is 5.65. The Morgan fingerprint density at radius 2 is 2.17 bits per heavy atom. The second-order valence-electron chi connectivity index (χ2n) is 2.77. The molecule has 5 nitrogen and oxygen atoms in total. The lowest BCUT2D eigenvalue weighted by Crippen LogP contribution is -2.47. The SMILES string of the molecule is CC1CC(OSO)C(O)C(O)O1. The summed E-state index contributed by atoms with van der Waals surface area (Å²) in [4.78, 5) is 0. The maximum absolute atomic E-state index is 9.26. The first-order valence-electron chi connectivity index (χ1n) is 3.63. The molecule has 4 unspecified atom stereocenters. The lowest BCUT2D eigenvalue weighted by Gasteiger charge is -2.34. The average Bonchev–Trinajstić information content (AvgIpc) is 2.00. The van der Waals surface area contributed by atoms with Crippen LogP contribution in [0, 0.1) is 0 Å². The topological polar surface area (TPSA) is 79.2 Å². The molecule has 0 saturated carbocycles. The van der Waals surface area contributed by atoms with Gasteiger partial charge in [-0.2, -0.15) is 0 Å². The monoisotopic (exact) mass is 196 g/mol. The Morgan fingerprint density at radius 3 is 2.75 bits per heavy atom. The fourth-order valence-electron chi connectivity index (χ4n) is 1.18. The van der Waals surface area contributed by atoms with Crippen molar-refractivity contribution < 1.29 is 23.7 Å². The highest BCUT2D eigenvalue weighted by Crippen LogP contribution is 2.23. The third-order valence-electron chi connectivity index (χ3n) is 1.78. The fourth-order valence-corrected chi connectivity index (χ4v) is 1.48. The molecule has 0 spiro atoms. The molecule has 6 heteroatoms. The van der Waals surface area contributed by atoms with Crippen molar-refractivity contribution in [2.45, 2.75) is 37.9 Å². The van der Waals surface area contributed by atoms with Gasteiger partial charge in [0.1, 0.15) is 12.2 Å². The van der Waals surface area contributed by atoms with E-state index in [2.05, 4.69) is 0 Å². The summed E-state index contributed by atoms with van der Waals surface area (Å²) in [5.41, 5.74) is 0. The van der Waals surface area contributed by atoms with Crippen LogP contribution in [0.15, 0.2) is 0 Å². The second kappa shape index (κ2) is 4.40. The molecule has 0 bridgehead atoms. The van der Waals surface area contributed by atoms with Crippen LogP contribution in [0.1, 0.15) is 13.3 Å². The number of aliphatic hydroxyl groups excluding tert-OH is 2. The minimum absolute atomic E-state index is 0.180. The van der Waals surface area contributed by atoms with Crippen LogP contribution >= 0.6 is 12.3 Å². The summed E-state index contributed by atoms with van der Waals surface area (Å²) in [6.07, 6.45) is -2.64. The molecule has 1 aliphatic rings. The van der Waals surface area contributed by atoms with Crippen LogP contribution < -0.4 is 0 Å². The van der Waals surface area contributed by atoms with Crippen LogP contribution in [-0.2, 0) is 8.92 Å². The number of hydrogen-bond acceptors (Lipinski definition) is 6. The molecule has 1 aliphatic heterocycles. The molecular formula is C6H12O5S. The third-order valence-corrected chi connectivity index (χ3v) is 2.11. The van der Waals surface area contributed by atoms with Crippen molar-refractivity contribution in [3.8, 4) is 0 Å². The van der Waals surface area contributed by atoms with Gasteiger partial charge in [0.2, 0.25) is 0 Å². The van der Waals surface area contributed by atoms with Crippen LogP contribution in [0.3, 0.4) is 0 Å². The highest BCUT2D eigenvalue weighted by molar-refractivity contribution is 7.88. The Bertz CT molecular complexity index is 144. The normalized spacial score (nSPS) is 43.0. The zero-order valence-electron chi connectivity index (χ0n) is 6.58. The quantitative estimate of drug-likeness (QED) is 0.539. The predicted octanol–water partition coefficient (Wildman–Crippen LogP) is -0.0191. The van der Waals surface area contributed by atoms with Gasteiger partial charge in [-0.15, -0.1) is 0 Å². The van der Waals surface area contributed by atoms with Gasteiger partial charge >= 0.3 is 0 Å². The van der Waals surface area contributed by atoms with Crippen molar-refractivity contribution in [2.75, 3.05) is 0 Å². The summed E-state index contributed by atoms with van der Waals surface area (Å²) in [6, 6.07) is 0. The van der Waals surface area contributed by atoms with Crippen LogP contribution in [0.5, 0.6) is 0 Å². The van der Waals surface area contributed by atoms with E-state index >= 15 is 0 Å². The van der Waals surface area contributed by atoms with E-state index in [1.54, 1.807) is 6.92 Å². The van der Waals surface area contributed by atoms with E-state index in [4.69, 9.17) is 18.6 Å². The summed E-state index contributed by atoms with van der Waals surface area (Å²) < 4.78 is 18.0. The Kier molecular flexibility index (Phi) is 3.76. The summed E-state index contributed by atoms with van der Waals surface area (Å²) in [7, 11) is 0. The maximum atomic E-state index is 9.26.